The summed E-state index contributed by atoms with van der Waals surface area (Å²) < 4.78 is 46.2. The topological polar surface area (TPSA) is 105 Å². The van der Waals surface area contributed by atoms with Gasteiger partial charge in [0, 0.05) is 17.1 Å². The van der Waals surface area contributed by atoms with Crippen LogP contribution in [-0.4, -0.2) is 44.5 Å². The van der Waals surface area contributed by atoms with Crippen LogP contribution >= 0.6 is 23.4 Å². The maximum atomic E-state index is 13.0. The summed E-state index contributed by atoms with van der Waals surface area (Å²) in [6.45, 7) is 7.08. The van der Waals surface area contributed by atoms with Gasteiger partial charge in [0.05, 0.1) is 23.8 Å². The second-order valence-corrected chi connectivity index (χ2v) is 11.4. The molecule has 0 saturated heterocycles. The van der Waals surface area contributed by atoms with Crippen molar-refractivity contribution in [2.24, 2.45) is 0 Å². The number of halogens is 4. The van der Waals surface area contributed by atoms with Crippen molar-refractivity contribution in [1.82, 2.24) is 9.88 Å². The number of rotatable bonds is 11. The van der Waals surface area contributed by atoms with Crippen molar-refractivity contribution in [1.29, 1.82) is 0 Å². The lowest BCUT2D eigenvalue weighted by Gasteiger charge is -2.22. The van der Waals surface area contributed by atoms with E-state index in [9.17, 15) is 27.9 Å². The number of thioether (sulfide) groups is 1. The predicted octanol–water partition coefficient (Wildman–Crippen LogP) is 6.44. The van der Waals surface area contributed by atoms with Crippen LogP contribution < -0.4 is 10.1 Å². The highest BCUT2D eigenvalue weighted by molar-refractivity contribution is 8.01. The summed E-state index contributed by atoms with van der Waals surface area (Å²) in [6, 6.07) is 9.64. The van der Waals surface area contributed by atoms with E-state index in [0.29, 0.717) is 23.6 Å². The normalized spacial score (nSPS) is 12.0. The molecular formula is C26H27ClF3N3O5S. The molecule has 0 aliphatic heterocycles. The number of ether oxygens (including phenoxy) is 1. The molecule has 13 heteroatoms. The molecule has 1 aromatic heterocycles. The fraction of sp³-hybridized carbons (Fsp3) is 0.346. The number of nitrogens with zero attached hydrogens (tertiary/aromatic N) is 2. The summed E-state index contributed by atoms with van der Waals surface area (Å²) in [5.74, 6) is -1.33. The first-order valence-electron chi connectivity index (χ1n) is 11.6. The van der Waals surface area contributed by atoms with E-state index in [-0.39, 0.29) is 23.8 Å². The number of nitrogens with one attached hydrogen (secondary N) is 1. The zero-order chi connectivity index (χ0) is 29.0. The lowest BCUT2D eigenvalue weighted by molar-refractivity contribution is -0.274. The van der Waals surface area contributed by atoms with E-state index >= 15 is 0 Å². The lowest BCUT2D eigenvalue weighted by atomic mass is 10.2. The summed E-state index contributed by atoms with van der Waals surface area (Å²) in [7, 11) is 0. The number of carboxylic acids is 1. The van der Waals surface area contributed by atoms with Crippen molar-refractivity contribution in [2.45, 2.75) is 56.8 Å². The molecule has 0 saturated carbocycles. The number of aryl methyl sites for hydroxylation is 2. The Balaban J connectivity index is 1.74. The van der Waals surface area contributed by atoms with Crippen LogP contribution in [0.5, 0.6) is 5.75 Å². The first-order chi connectivity index (χ1) is 18.1. The van der Waals surface area contributed by atoms with E-state index in [1.165, 1.54) is 31.1 Å². The number of carboxylic acid groups (broad SMARTS) is 1. The predicted molar refractivity (Wildman–Crippen MR) is 141 cm³/mol. The van der Waals surface area contributed by atoms with Crippen molar-refractivity contribution in [2.75, 3.05) is 11.9 Å². The maximum absolute atomic E-state index is 13.0. The van der Waals surface area contributed by atoms with Crippen molar-refractivity contribution >= 4 is 40.9 Å². The number of amides is 1. The number of carbonyl (C=O) groups excluding carboxylic acids is 1. The largest absolute Gasteiger partial charge is 0.573 e. The smallest absolute Gasteiger partial charge is 0.480 e. The molecule has 0 spiro atoms. The number of hydrogen-bond donors (Lipinski definition) is 2. The van der Waals surface area contributed by atoms with Crippen LogP contribution in [-0.2, 0) is 22.7 Å². The van der Waals surface area contributed by atoms with E-state index in [4.69, 9.17) is 16.0 Å². The Kier molecular flexibility index (Phi) is 9.57. The zero-order valence-corrected chi connectivity index (χ0v) is 23.1. The van der Waals surface area contributed by atoms with E-state index in [2.05, 4.69) is 15.0 Å². The van der Waals surface area contributed by atoms with Gasteiger partial charge in [-0.15, -0.1) is 24.9 Å². The molecule has 210 valence electrons. The van der Waals surface area contributed by atoms with Crippen LogP contribution in [0.4, 0.5) is 18.9 Å². The minimum atomic E-state index is -4.90. The molecule has 2 N–H and O–H groups in total. The first kappa shape index (κ1) is 30.3. The third-order valence-electron chi connectivity index (χ3n) is 5.58. The molecule has 3 aromatic rings. The second kappa shape index (κ2) is 12.3. The van der Waals surface area contributed by atoms with Crippen LogP contribution in [0, 0.1) is 13.8 Å². The Morgan fingerprint density at radius 1 is 1.15 bits per heavy atom. The number of carbonyl (C=O) groups is 2. The fourth-order valence-corrected chi connectivity index (χ4v) is 4.64. The van der Waals surface area contributed by atoms with Gasteiger partial charge in [-0.1, -0.05) is 23.7 Å². The Labute approximate surface area is 232 Å². The van der Waals surface area contributed by atoms with Gasteiger partial charge in [-0.2, -0.15) is 0 Å². The van der Waals surface area contributed by atoms with Gasteiger partial charge in [0.25, 0.3) is 0 Å². The van der Waals surface area contributed by atoms with Crippen LogP contribution in [0.1, 0.15) is 36.4 Å². The molecule has 2 aromatic carbocycles. The van der Waals surface area contributed by atoms with Crippen molar-refractivity contribution in [3.8, 4) is 5.75 Å². The summed E-state index contributed by atoms with van der Waals surface area (Å²) in [5, 5.41) is 11.8. The van der Waals surface area contributed by atoms with Crippen LogP contribution in [0.2, 0.25) is 5.02 Å². The Morgan fingerprint density at radius 3 is 2.38 bits per heavy atom. The van der Waals surface area contributed by atoms with Crippen LogP contribution in [0.25, 0.3) is 0 Å². The zero-order valence-electron chi connectivity index (χ0n) is 21.6. The molecule has 3 rings (SSSR count). The molecule has 0 fully saturated rings. The molecular weight excluding hydrogens is 559 g/mol. The number of benzene rings is 2. The van der Waals surface area contributed by atoms with Gasteiger partial charge in [0.2, 0.25) is 5.91 Å². The van der Waals surface area contributed by atoms with Crippen molar-refractivity contribution < 1.29 is 37.0 Å². The average molecular weight is 586 g/mol. The number of aliphatic carboxylic acids is 1. The van der Waals surface area contributed by atoms with E-state index < -0.39 is 28.7 Å². The molecule has 0 atom stereocenters. The Morgan fingerprint density at radius 2 is 1.82 bits per heavy atom. The summed E-state index contributed by atoms with van der Waals surface area (Å²) >= 11 is 7.17. The van der Waals surface area contributed by atoms with Gasteiger partial charge in [0.1, 0.15) is 16.3 Å². The van der Waals surface area contributed by atoms with E-state index in [0.717, 1.165) is 16.5 Å². The van der Waals surface area contributed by atoms with Crippen molar-refractivity contribution in [3.05, 3.63) is 70.4 Å². The molecule has 1 heterocycles. The standard InChI is InChI=1S/C26H27ClF3N3O5S/c1-15-9-21(38-26(28,29)30)19(27)10-20(15)32-23(34)13-33(12-22-16(2)31-14-37-22)11-17-5-7-18(8-6-17)39-25(3,4)24(35)36/h5-10,14H,11-13H2,1-4H3,(H,32,34)(H,35,36). The minimum absolute atomic E-state index is 0.0828. The summed E-state index contributed by atoms with van der Waals surface area (Å²) in [4.78, 5) is 31.1. The highest BCUT2D eigenvalue weighted by atomic mass is 35.5. The van der Waals surface area contributed by atoms with E-state index in [1.807, 2.05) is 29.2 Å². The number of hydrogen-bond acceptors (Lipinski definition) is 7. The number of aromatic nitrogens is 1. The molecule has 0 bridgehead atoms. The Bertz CT molecular complexity index is 1330. The van der Waals surface area contributed by atoms with Gasteiger partial charge in [0.15, 0.2) is 6.39 Å². The second-order valence-electron chi connectivity index (χ2n) is 9.26. The molecule has 0 unspecified atom stereocenters. The SMILES string of the molecule is Cc1cc(OC(F)(F)F)c(Cl)cc1NC(=O)CN(Cc1ccc(SC(C)(C)C(=O)O)cc1)Cc1ocnc1C. The molecule has 0 aliphatic rings. The van der Waals surface area contributed by atoms with Gasteiger partial charge in [-0.25, -0.2) is 4.98 Å². The highest BCUT2D eigenvalue weighted by Gasteiger charge is 2.32. The highest BCUT2D eigenvalue weighted by Crippen LogP contribution is 2.35. The van der Waals surface area contributed by atoms with Crippen LogP contribution in [0.3, 0.4) is 0 Å². The molecule has 1 amide bonds. The monoisotopic (exact) mass is 585 g/mol. The fourth-order valence-electron chi connectivity index (χ4n) is 3.49. The van der Waals surface area contributed by atoms with Crippen molar-refractivity contribution in [3.63, 3.8) is 0 Å². The number of oxazole rings is 1. The van der Waals surface area contributed by atoms with E-state index in [1.54, 1.807) is 20.8 Å². The summed E-state index contributed by atoms with van der Waals surface area (Å²) in [6.07, 6.45) is -3.58. The molecule has 39 heavy (non-hydrogen) atoms. The molecule has 8 nitrogen and oxygen atoms in total. The maximum Gasteiger partial charge on any atom is 0.573 e. The first-order valence-corrected chi connectivity index (χ1v) is 12.8. The quantitative estimate of drug-likeness (QED) is 0.248. The van der Waals surface area contributed by atoms with Gasteiger partial charge >= 0.3 is 12.3 Å². The number of anilines is 1. The van der Waals surface area contributed by atoms with Gasteiger partial charge in [-0.3, -0.25) is 14.5 Å². The van der Waals surface area contributed by atoms with Gasteiger partial charge < -0.3 is 19.6 Å². The lowest BCUT2D eigenvalue weighted by Crippen LogP contribution is -2.33. The van der Waals surface area contributed by atoms with Gasteiger partial charge in [-0.05, 0) is 63.1 Å². The minimum Gasteiger partial charge on any atom is -0.480 e. The Hall–Kier alpha value is -3.22. The molecule has 0 aliphatic carbocycles. The summed E-state index contributed by atoms with van der Waals surface area (Å²) in [5.41, 5.74) is 2.12. The van der Waals surface area contributed by atoms with Crippen LogP contribution in [0.15, 0.2) is 52.1 Å². The third-order valence-corrected chi connectivity index (χ3v) is 7.06. The average Bonchev–Trinajstić information content (AvgIpc) is 3.21. The third kappa shape index (κ3) is 8.91. The molecule has 0 radical (unpaired) electrons. The number of alkyl halides is 3.